The van der Waals surface area contributed by atoms with Crippen LogP contribution in [0.5, 0.6) is 0 Å². The molecule has 0 spiro atoms. The van der Waals surface area contributed by atoms with Crippen LogP contribution in [0.1, 0.15) is 91.9 Å². The van der Waals surface area contributed by atoms with Crippen molar-refractivity contribution in [3.63, 3.8) is 0 Å². The number of hydrogen-bond acceptors (Lipinski definition) is 2. The van der Waals surface area contributed by atoms with Gasteiger partial charge in [-0.25, -0.2) is 0 Å². The van der Waals surface area contributed by atoms with Gasteiger partial charge >= 0.3 is 9.28 Å². The van der Waals surface area contributed by atoms with E-state index in [1.54, 1.807) is 0 Å². The molecule has 0 aliphatic heterocycles. The molecule has 2 unspecified atom stereocenters. The molecule has 2 aliphatic carbocycles. The first kappa shape index (κ1) is 19.5. The van der Waals surface area contributed by atoms with Crippen molar-refractivity contribution >= 4 is 9.28 Å². The topological polar surface area (TPSA) is 18.5 Å². The van der Waals surface area contributed by atoms with E-state index in [9.17, 15) is 0 Å². The van der Waals surface area contributed by atoms with Gasteiger partial charge in [-0.05, 0) is 62.7 Å². The van der Waals surface area contributed by atoms with E-state index in [-0.39, 0.29) is 0 Å². The van der Waals surface area contributed by atoms with E-state index in [1.165, 1.54) is 51.4 Å². The lowest BCUT2D eigenvalue weighted by Crippen LogP contribution is -2.47. The fourth-order valence-electron chi connectivity index (χ4n) is 5.29. The predicted molar refractivity (Wildman–Crippen MR) is 101 cm³/mol. The first-order valence-corrected chi connectivity index (χ1v) is 11.9. The molecule has 0 aromatic heterocycles. The quantitative estimate of drug-likeness (QED) is 0.517. The van der Waals surface area contributed by atoms with Gasteiger partial charge in [-0.1, -0.05) is 47.0 Å². The summed E-state index contributed by atoms with van der Waals surface area (Å²) >= 11 is 0. The van der Waals surface area contributed by atoms with Gasteiger partial charge < -0.3 is 8.85 Å². The largest absolute Gasteiger partial charge is 0.396 e. The van der Waals surface area contributed by atoms with Crippen LogP contribution in [0.25, 0.3) is 0 Å². The van der Waals surface area contributed by atoms with E-state index < -0.39 is 9.28 Å². The average Bonchev–Trinajstić information content (AvgIpc) is 2.55. The van der Waals surface area contributed by atoms with Crippen LogP contribution in [0.15, 0.2) is 0 Å². The molecule has 2 nitrogen and oxygen atoms in total. The Balaban J connectivity index is 2.20. The van der Waals surface area contributed by atoms with Crippen LogP contribution in [0.2, 0.25) is 5.04 Å². The highest BCUT2D eigenvalue weighted by molar-refractivity contribution is 6.48. The number of rotatable bonds is 8. The zero-order chi connectivity index (χ0) is 16.7. The third-order valence-electron chi connectivity index (χ3n) is 6.19. The molecular formula is C20H40O2Si. The second kappa shape index (κ2) is 9.58. The molecule has 2 atom stereocenters. The molecule has 2 saturated carbocycles. The summed E-state index contributed by atoms with van der Waals surface area (Å²) in [6.07, 6.45) is 13.5. The van der Waals surface area contributed by atoms with Gasteiger partial charge in [0.1, 0.15) is 0 Å². The molecule has 2 rings (SSSR count). The summed E-state index contributed by atoms with van der Waals surface area (Å²) in [7, 11) is -1.61. The minimum absolute atomic E-state index is 0.422. The molecule has 0 N–H and O–H groups in total. The van der Waals surface area contributed by atoms with Crippen LogP contribution < -0.4 is 0 Å². The normalized spacial score (nSPS) is 31.4. The standard InChI is InChI=1S/C20H40O2Si/c1-5-12-21-23(22-13-6-2)20(10-8-7-9-11-20)19-15-17(3)14-18(4)16-19/h17-19,23H,5-16H2,1-4H3. The summed E-state index contributed by atoms with van der Waals surface area (Å²) in [4.78, 5) is 0. The van der Waals surface area contributed by atoms with Crippen molar-refractivity contribution in [1.29, 1.82) is 0 Å². The SMILES string of the molecule is CCCO[SiH](OCCC)C1(C2CC(C)CC(C)C2)CCCCC1. The van der Waals surface area contributed by atoms with Crippen molar-refractivity contribution in [3.05, 3.63) is 0 Å². The second-order valence-electron chi connectivity index (χ2n) is 8.48. The summed E-state index contributed by atoms with van der Waals surface area (Å²) in [5.74, 6) is 2.62. The maximum absolute atomic E-state index is 6.48. The Morgan fingerprint density at radius 1 is 0.826 bits per heavy atom. The third-order valence-corrected chi connectivity index (χ3v) is 9.26. The van der Waals surface area contributed by atoms with Gasteiger partial charge in [0.05, 0.1) is 0 Å². The molecule has 0 amide bonds. The summed E-state index contributed by atoms with van der Waals surface area (Å²) in [5, 5.41) is 0.422. The summed E-state index contributed by atoms with van der Waals surface area (Å²) in [6.45, 7) is 11.2. The van der Waals surface area contributed by atoms with Gasteiger partial charge in [0, 0.05) is 18.3 Å². The smallest absolute Gasteiger partial charge is 0.328 e. The third kappa shape index (κ3) is 5.06. The lowest BCUT2D eigenvalue weighted by Gasteiger charge is -2.50. The highest BCUT2D eigenvalue weighted by atomic mass is 28.3. The van der Waals surface area contributed by atoms with Gasteiger partial charge in [-0.3, -0.25) is 0 Å². The van der Waals surface area contributed by atoms with E-state index in [2.05, 4.69) is 27.7 Å². The van der Waals surface area contributed by atoms with Gasteiger partial charge in [0.15, 0.2) is 0 Å². The zero-order valence-corrected chi connectivity index (χ0v) is 17.3. The Kier molecular flexibility index (Phi) is 8.10. The number of hydrogen-bond donors (Lipinski definition) is 0. The Hall–Kier alpha value is 0.137. The first-order valence-electron chi connectivity index (χ1n) is 10.4. The van der Waals surface area contributed by atoms with E-state index in [1.807, 2.05) is 0 Å². The molecule has 0 aromatic rings. The molecule has 2 aliphatic rings. The lowest BCUT2D eigenvalue weighted by atomic mass is 9.67. The van der Waals surface area contributed by atoms with Gasteiger partial charge in [0.2, 0.25) is 0 Å². The van der Waals surface area contributed by atoms with E-state index in [4.69, 9.17) is 8.85 Å². The minimum Gasteiger partial charge on any atom is -0.396 e. The van der Waals surface area contributed by atoms with Gasteiger partial charge in [-0.2, -0.15) is 0 Å². The molecule has 0 radical (unpaired) electrons. The molecule has 2 fully saturated rings. The Morgan fingerprint density at radius 2 is 1.35 bits per heavy atom. The van der Waals surface area contributed by atoms with Crippen molar-refractivity contribution in [2.24, 2.45) is 17.8 Å². The summed E-state index contributed by atoms with van der Waals surface area (Å²) in [6, 6.07) is 0. The minimum atomic E-state index is -1.61. The van der Waals surface area contributed by atoms with Gasteiger partial charge in [0.25, 0.3) is 0 Å². The monoisotopic (exact) mass is 340 g/mol. The molecular weight excluding hydrogens is 300 g/mol. The highest BCUT2D eigenvalue weighted by Gasteiger charge is 2.50. The second-order valence-corrected chi connectivity index (χ2v) is 11.0. The van der Waals surface area contributed by atoms with Crippen LogP contribution >= 0.6 is 0 Å². The van der Waals surface area contributed by atoms with Crippen molar-refractivity contribution in [2.75, 3.05) is 13.2 Å². The molecule has 0 saturated heterocycles. The molecule has 136 valence electrons. The van der Waals surface area contributed by atoms with E-state index >= 15 is 0 Å². The molecule has 23 heavy (non-hydrogen) atoms. The van der Waals surface area contributed by atoms with Crippen LogP contribution in [0.3, 0.4) is 0 Å². The van der Waals surface area contributed by atoms with Gasteiger partial charge in [-0.15, -0.1) is 0 Å². The average molecular weight is 341 g/mol. The van der Waals surface area contributed by atoms with Crippen LogP contribution in [0.4, 0.5) is 0 Å². The van der Waals surface area contributed by atoms with Crippen molar-refractivity contribution in [2.45, 2.75) is 96.9 Å². The Morgan fingerprint density at radius 3 is 1.83 bits per heavy atom. The zero-order valence-electron chi connectivity index (χ0n) is 16.1. The molecule has 0 heterocycles. The highest BCUT2D eigenvalue weighted by Crippen LogP contribution is 2.57. The Bertz CT molecular complexity index is 310. The Labute approximate surface area is 146 Å². The lowest BCUT2D eigenvalue weighted by molar-refractivity contribution is 0.0873. The molecule has 0 aromatic carbocycles. The maximum Gasteiger partial charge on any atom is 0.328 e. The fourth-order valence-corrected chi connectivity index (χ4v) is 8.49. The fraction of sp³-hybridized carbons (Fsp3) is 1.00. The first-order chi connectivity index (χ1) is 11.1. The van der Waals surface area contributed by atoms with Crippen molar-refractivity contribution in [1.82, 2.24) is 0 Å². The molecule has 0 bridgehead atoms. The van der Waals surface area contributed by atoms with Crippen LogP contribution in [-0.4, -0.2) is 22.5 Å². The summed E-state index contributed by atoms with van der Waals surface area (Å²) < 4.78 is 13.0. The van der Waals surface area contributed by atoms with Crippen LogP contribution in [0, 0.1) is 17.8 Å². The van der Waals surface area contributed by atoms with E-state index in [0.29, 0.717) is 5.04 Å². The summed E-state index contributed by atoms with van der Waals surface area (Å²) in [5.41, 5.74) is 0. The van der Waals surface area contributed by atoms with Crippen molar-refractivity contribution in [3.8, 4) is 0 Å². The maximum atomic E-state index is 6.48. The van der Waals surface area contributed by atoms with Crippen LogP contribution in [-0.2, 0) is 8.85 Å². The van der Waals surface area contributed by atoms with Crippen molar-refractivity contribution < 1.29 is 8.85 Å². The predicted octanol–water partition coefficient (Wildman–Crippen LogP) is 5.84. The van der Waals surface area contributed by atoms with E-state index in [0.717, 1.165) is 43.8 Å². The molecule has 3 heteroatoms.